The monoisotopic (exact) mass is 318 g/mol. The molecule has 2 rings (SSSR count). The van der Waals surface area contributed by atoms with Crippen molar-refractivity contribution in [3.05, 3.63) is 11.3 Å². The number of rotatable bonds is 3. The van der Waals surface area contributed by atoms with Crippen molar-refractivity contribution >= 4 is 39.6 Å². The second-order valence-electron chi connectivity index (χ2n) is 4.56. The van der Waals surface area contributed by atoms with Gasteiger partial charge in [-0.1, -0.05) is 0 Å². The van der Waals surface area contributed by atoms with E-state index in [2.05, 4.69) is 0 Å². The fourth-order valence-electron chi connectivity index (χ4n) is 2.18. The highest BCUT2D eigenvalue weighted by atomic mass is 32.2. The molecule has 9 heteroatoms. The van der Waals surface area contributed by atoms with Crippen LogP contribution < -0.4 is 5.73 Å². The van der Waals surface area contributed by atoms with Gasteiger partial charge in [-0.2, -0.15) is 0 Å². The van der Waals surface area contributed by atoms with E-state index in [9.17, 15) is 23.7 Å². The van der Waals surface area contributed by atoms with Gasteiger partial charge in [0, 0.05) is 12.2 Å². The van der Waals surface area contributed by atoms with E-state index in [-0.39, 0.29) is 16.7 Å². The maximum Gasteiger partial charge on any atom is 0.352 e. The first-order valence-electron chi connectivity index (χ1n) is 5.85. The van der Waals surface area contributed by atoms with Crippen LogP contribution in [0.1, 0.15) is 13.8 Å². The summed E-state index contributed by atoms with van der Waals surface area (Å²) in [6, 6.07) is -0.711. The molecule has 4 atom stereocenters. The molecule has 1 saturated heterocycles. The minimum absolute atomic E-state index is 0.170. The van der Waals surface area contributed by atoms with Gasteiger partial charge in [0.2, 0.25) is 11.0 Å². The van der Waals surface area contributed by atoms with Crippen LogP contribution in [0, 0.1) is 0 Å². The van der Waals surface area contributed by atoms with Gasteiger partial charge in [0.15, 0.2) is 0 Å². The lowest BCUT2D eigenvalue weighted by Gasteiger charge is -2.49. The molecule has 110 valence electrons. The lowest BCUT2D eigenvalue weighted by atomic mass is 10.0. The molecule has 2 heterocycles. The van der Waals surface area contributed by atoms with Gasteiger partial charge in [-0.25, -0.2) is 4.79 Å². The number of carbonyl (C=O) groups excluding carboxylic acids is 2. The Kier molecular flexibility index (Phi) is 4.03. The van der Waals surface area contributed by atoms with E-state index in [0.717, 1.165) is 4.90 Å². The molecule has 0 saturated carbocycles. The first-order chi connectivity index (χ1) is 9.25. The number of carbonyl (C=O) groups is 3. The number of hydrogen-bond acceptors (Lipinski definition) is 6. The van der Waals surface area contributed by atoms with Gasteiger partial charge >= 0.3 is 5.97 Å². The number of carboxylic acids is 1. The molecule has 0 aromatic heterocycles. The number of carboxylic acid groups (broad SMARTS) is 1. The van der Waals surface area contributed by atoms with Gasteiger partial charge in [-0.3, -0.25) is 18.7 Å². The number of nitrogens with zero attached hydrogens (tertiary/aromatic N) is 1. The summed E-state index contributed by atoms with van der Waals surface area (Å²) < 4.78 is 11.7. The van der Waals surface area contributed by atoms with Crippen molar-refractivity contribution in [3.63, 3.8) is 0 Å². The average molecular weight is 318 g/mol. The number of nitrogens with two attached hydrogens (primary N) is 1. The number of thioether (sulfide) groups is 1. The molecule has 1 amide bonds. The maximum absolute atomic E-state index is 11.7. The summed E-state index contributed by atoms with van der Waals surface area (Å²) in [5, 5.41) is 8.13. The zero-order valence-corrected chi connectivity index (χ0v) is 12.5. The molecule has 2 aliphatic heterocycles. The van der Waals surface area contributed by atoms with Crippen LogP contribution in [-0.4, -0.2) is 53.6 Å². The van der Waals surface area contributed by atoms with Crippen molar-refractivity contribution in [3.8, 4) is 0 Å². The Balaban J connectivity index is 2.42. The summed E-state index contributed by atoms with van der Waals surface area (Å²) in [4.78, 5) is 35.4. The highest BCUT2D eigenvalue weighted by molar-refractivity contribution is 8.01. The highest BCUT2D eigenvalue weighted by Crippen LogP contribution is 2.43. The van der Waals surface area contributed by atoms with Crippen molar-refractivity contribution in [1.29, 1.82) is 0 Å². The van der Waals surface area contributed by atoms with Gasteiger partial charge in [0.1, 0.15) is 17.1 Å². The lowest BCUT2D eigenvalue weighted by Crippen LogP contribution is -2.69. The molecule has 7 nitrogen and oxygen atoms in total. The minimum Gasteiger partial charge on any atom is -0.477 e. The molecule has 1 fully saturated rings. The van der Waals surface area contributed by atoms with E-state index >= 15 is 0 Å². The molecule has 2 unspecified atom stereocenters. The van der Waals surface area contributed by atoms with Crippen LogP contribution in [0.3, 0.4) is 0 Å². The topological polar surface area (TPSA) is 118 Å². The van der Waals surface area contributed by atoms with Gasteiger partial charge in [-0.15, -0.1) is 11.8 Å². The van der Waals surface area contributed by atoms with Crippen LogP contribution in [0.15, 0.2) is 11.3 Å². The fourth-order valence-corrected chi connectivity index (χ4v) is 4.55. The second kappa shape index (κ2) is 5.30. The number of fused-ring (bicyclic) bond motifs is 1. The standard InChI is InChI=1S/C11H14N2O5S2/c1-4-6(3-20(18)5(2)14)8(11(16)17)13-9(15)7(12)10(13)19-4/h4,7,10H,3,12H2,1-2H3,(H,16,17)/t4?,7-,10-,20?/m1/s1. The molecule has 2 aliphatic rings. The molecule has 0 bridgehead atoms. The molecule has 0 radical (unpaired) electrons. The Labute approximate surface area is 122 Å². The van der Waals surface area contributed by atoms with E-state index in [0.29, 0.717) is 5.57 Å². The van der Waals surface area contributed by atoms with Crippen LogP contribution >= 0.6 is 11.8 Å². The lowest BCUT2D eigenvalue weighted by molar-refractivity contribution is -0.148. The number of aliphatic carboxylic acids is 1. The van der Waals surface area contributed by atoms with Crippen molar-refractivity contribution in [2.45, 2.75) is 30.5 Å². The van der Waals surface area contributed by atoms with Crippen LogP contribution in [0.25, 0.3) is 0 Å². The Bertz CT molecular complexity index is 559. The quantitative estimate of drug-likeness (QED) is 0.657. The van der Waals surface area contributed by atoms with Gasteiger partial charge < -0.3 is 10.8 Å². The van der Waals surface area contributed by atoms with Crippen molar-refractivity contribution < 1.29 is 23.7 Å². The third kappa shape index (κ3) is 2.29. The molecular weight excluding hydrogens is 304 g/mol. The largest absolute Gasteiger partial charge is 0.477 e. The van der Waals surface area contributed by atoms with Gasteiger partial charge in [0.05, 0.1) is 16.6 Å². The molecule has 0 aliphatic carbocycles. The number of hydrogen-bond donors (Lipinski definition) is 2. The molecule has 0 aromatic carbocycles. The molecular formula is C11H14N2O5S2. The SMILES string of the molecule is CC(=O)S(=O)CC1=C(C(=O)O)N2C(=O)[C@@H](N)[C@H]2SC1C. The Morgan fingerprint density at radius 2 is 2.10 bits per heavy atom. The summed E-state index contributed by atoms with van der Waals surface area (Å²) >= 11 is 1.34. The summed E-state index contributed by atoms with van der Waals surface area (Å²) in [7, 11) is -1.79. The van der Waals surface area contributed by atoms with E-state index in [4.69, 9.17) is 5.73 Å². The minimum atomic E-state index is -1.79. The van der Waals surface area contributed by atoms with E-state index in [1.54, 1.807) is 6.92 Å². The first kappa shape index (κ1) is 15.2. The van der Waals surface area contributed by atoms with E-state index in [1.165, 1.54) is 18.7 Å². The summed E-state index contributed by atoms with van der Waals surface area (Å²) in [5.41, 5.74) is 5.82. The van der Waals surface area contributed by atoms with Crippen LogP contribution in [0.5, 0.6) is 0 Å². The summed E-state index contributed by atoms with van der Waals surface area (Å²) in [5.74, 6) is -1.90. The number of β-lactam (4-membered cyclic amide) rings is 1. The Morgan fingerprint density at radius 1 is 1.50 bits per heavy atom. The molecule has 3 N–H and O–H groups in total. The molecule has 0 aromatic rings. The Morgan fingerprint density at radius 3 is 2.60 bits per heavy atom. The third-order valence-electron chi connectivity index (χ3n) is 3.27. The predicted molar refractivity (Wildman–Crippen MR) is 74.0 cm³/mol. The van der Waals surface area contributed by atoms with Gasteiger partial charge in [-0.05, 0) is 12.5 Å². The van der Waals surface area contributed by atoms with E-state index in [1.807, 2.05) is 0 Å². The highest BCUT2D eigenvalue weighted by Gasteiger charge is 2.53. The van der Waals surface area contributed by atoms with Crippen molar-refractivity contribution in [1.82, 2.24) is 4.90 Å². The number of amides is 1. The Hall–Kier alpha value is -1.19. The first-order valence-corrected chi connectivity index (χ1v) is 8.11. The fraction of sp³-hybridized carbons (Fsp3) is 0.545. The van der Waals surface area contributed by atoms with Crippen LogP contribution in [0.4, 0.5) is 0 Å². The zero-order chi connectivity index (χ0) is 15.2. The summed E-state index contributed by atoms with van der Waals surface area (Å²) in [6.45, 7) is 2.94. The smallest absolute Gasteiger partial charge is 0.352 e. The molecule has 20 heavy (non-hydrogen) atoms. The summed E-state index contributed by atoms with van der Waals surface area (Å²) in [6.07, 6.45) is 0. The average Bonchev–Trinajstić information content (AvgIpc) is 2.38. The van der Waals surface area contributed by atoms with Crippen LogP contribution in [0.2, 0.25) is 0 Å². The predicted octanol–water partition coefficient (Wildman–Crippen LogP) is -0.749. The third-order valence-corrected chi connectivity index (χ3v) is 5.96. The normalized spacial score (nSPS) is 30.6. The van der Waals surface area contributed by atoms with Crippen molar-refractivity contribution in [2.75, 3.05) is 5.75 Å². The van der Waals surface area contributed by atoms with Gasteiger partial charge in [0.25, 0.3) is 0 Å². The van der Waals surface area contributed by atoms with Crippen LogP contribution in [-0.2, 0) is 25.2 Å². The zero-order valence-electron chi connectivity index (χ0n) is 10.9. The molecule has 0 spiro atoms. The van der Waals surface area contributed by atoms with E-state index < -0.39 is 39.2 Å². The second-order valence-corrected chi connectivity index (χ2v) is 7.58. The maximum atomic E-state index is 11.7. The van der Waals surface area contributed by atoms with Crippen molar-refractivity contribution in [2.24, 2.45) is 5.73 Å².